The first-order valence-corrected chi connectivity index (χ1v) is 13.6. The van der Waals surface area contributed by atoms with Crippen LogP contribution in [0.2, 0.25) is 0 Å². The number of hydrogen-bond donors (Lipinski definition) is 3. The summed E-state index contributed by atoms with van der Waals surface area (Å²) in [7, 11) is -7.38. The third-order valence-electron chi connectivity index (χ3n) is 4.91. The number of carbonyl (C=O) groups excluding carboxylic acids is 2. The van der Waals surface area contributed by atoms with Crippen LogP contribution in [0.25, 0.3) is 0 Å². The van der Waals surface area contributed by atoms with Crippen LogP contribution in [0.3, 0.4) is 0 Å². The van der Waals surface area contributed by atoms with Crippen LogP contribution in [0.5, 0.6) is 5.75 Å². The number of amides is 2. The molecule has 2 amide bonds. The van der Waals surface area contributed by atoms with Crippen molar-refractivity contribution in [3.05, 3.63) is 83.9 Å². The van der Waals surface area contributed by atoms with Gasteiger partial charge in [-0.3, -0.25) is 15.0 Å². The van der Waals surface area contributed by atoms with Crippen molar-refractivity contribution in [3.63, 3.8) is 0 Å². The number of aryl methyl sites for hydroxylation is 2. The number of hydrogen-bond acceptors (Lipinski definition) is 9. The highest BCUT2D eigenvalue weighted by atomic mass is 32.2. The lowest BCUT2D eigenvalue weighted by atomic mass is 10.2. The lowest BCUT2D eigenvalue weighted by Gasteiger charge is -2.11. The number of rotatable bonds is 9. The molecule has 0 heterocycles. The van der Waals surface area contributed by atoms with Crippen LogP contribution in [-0.4, -0.2) is 41.5 Å². The SMILES string of the molecule is COc1cccc(NN=C(C(=O)NS(=O)(=O)c2ccc(C)cc2)C(=O)NS(=O)(=O)c2ccc(C)cc2)c1. The van der Waals surface area contributed by atoms with Crippen LogP contribution in [0.15, 0.2) is 87.7 Å². The van der Waals surface area contributed by atoms with E-state index in [0.29, 0.717) is 5.75 Å². The molecule has 0 aromatic heterocycles. The molecular weight excluding hydrogens is 520 g/mol. The molecule has 13 heteroatoms. The number of nitrogens with one attached hydrogen (secondary N) is 3. The molecule has 0 aliphatic rings. The minimum atomic E-state index is -4.41. The molecule has 3 aromatic carbocycles. The molecular formula is C24H24N4O7S2. The van der Waals surface area contributed by atoms with Gasteiger partial charge in [0.05, 0.1) is 22.6 Å². The molecule has 194 valence electrons. The highest BCUT2D eigenvalue weighted by Crippen LogP contribution is 2.17. The Kier molecular flexibility index (Phi) is 8.30. The van der Waals surface area contributed by atoms with E-state index in [1.165, 1.54) is 67.8 Å². The van der Waals surface area contributed by atoms with Gasteiger partial charge < -0.3 is 4.74 Å². The average Bonchev–Trinajstić information content (AvgIpc) is 2.84. The van der Waals surface area contributed by atoms with Crippen LogP contribution in [-0.2, 0) is 29.6 Å². The molecule has 11 nitrogen and oxygen atoms in total. The van der Waals surface area contributed by atoms with E-state index in [-0.39, 0.29) is 15.5 Å². The first kappa shape index (κ1) is 27.4. The fourth-order valence-electron chi connectivity index (χ4n) is 2.91. The third-order valence-corrected chi connectivity index (χ3v) is 7.61. The Balaban J connectivity index is 1.93. The predicted octanol–water partition coefficient (Wildman–Crippen LogP) is 2.09. The highest BCUT2D eigenvalue weighted by Gasteiger charge is 2.29. The maximum Gasteiger partial charge on any atom is 0.291 e. The van der Waals surface area contributed by atoms with E-state index in [2.05, 4.69) is 10.5 Å². The average molecular weight is 545 g/mol. The van der Waals surface area contributed by atoms with E-state index >= 15 is 0 Å². The zero-order chi connectivity index (χ0) is 27.2. The summed E-state index contributed by atoms with van der Waals surface area (Å²) in [4.78, 5) is 25.3. The van der Waals surface area contributed by atoms with Crippen LogP contribution < -0.4 is 19.6 Å². The van der Waals surface area contributed by atoms with Crippen molar-refractivity contribution in [3.8, 4) is 5.75 Å². The van der Waals surface area contributed by atoms with Crippen LogP contribution in [0.1, 0.15) is 11.1 Å². The van der Waals surface area contributed by atoms with Crippen molar-refractivity contribution in [2.45, 2.75) is 23.6 Å². The molecule has 0 aliphatic heterocycles. The van der Waals surface area contributed by atoms with Crippen LogP contribution in [0.4, 0.5) is 5.69 Å². The lowest BCUT2D eigenvalue weighted by Crippen LogP contribution is -2.46. The predicted molar refractivity (Wildman–Crippen MR) is 137 cm³/mol. The molecule has 0 bridgehead atoms. The summed E-state index contributed by atoms with van der Waals surface area (Å²) in [6.07, 6.45) is 0. The van der Waals surface area contributed by atoms with Crippen molar-refractivity contribution >= 4 is 43.3 Å². The largest absolute Gasteiger partial charge is 0.497 e. The summed E-state index contributed by atoms with van der Waals surface area (Å²) in [6.45, 7) is 3.51. The maximum atomic E-state index is 12.9. The molecule has 3 aromatic rings. The number of hydrazone groups is 1. The van der Waals surface area contributed by atoms with Gasteiger partial charge in [-0.05, 0) is 50.2 Å². The van der Waals surface area contributed by atoms with E-state index < -0.39 is 37.6 Å². The van der Waals surface area contributed by atoms with Crippen molar-refractivity contribution in [1.82, 2.24) is 9.44 Å². The molecule has 0 atom stereocenters. The minimum absolute atomic E-state index is 0.237. The monoisotopic (exact) mass is 544 g/mol. The normalized spacial score (nSPS) is 11.2. The van der Waals surface area contributed by atoms with Gasteiger partial charge in [0.1, 0.15) is 5.75 Å². The second kappa shape index (κ2) is 11.2. The Bertz CT molecular complexity index is 1460. The Labute approximate surface area is 214 Å². The number of anilines is 1. The molecule has 3 rings (SSSR count). The summed E-state index contributed by atoms with van der Waals surface area (Å²) in [6, 6.07) is 17.5. The summed E-state index contributed by atoms with van der Waals surface area (Å²) < 4.78 is 59.4. The van der Waals surface area contributed by atoms with E-state index in [1.54, 1.807) is 35.4 Å². The van der Waals surface area contributed by atoms with E-state index in [9.17, 15) is 26.4 Å². The van der Waals surface area contributed by atoms with Crippen LogP contribution in [0, 0.1) is 13.8 Å². The number of ether oxygens (including phenoxy) is 1. The van der Waals surface area contributed by atoms with Crippen molar-refractivity contribution in [2.75, 3.05) is 12.5 Å². The van der Waals surface area contributed by atoms with Gasteiger partial charge in [-0.15, -0.1) is 0 Å². The van der Waals surface area contributed by atoms with Gasteiger partial charge >= 0.3 is 0 Å². The Morgan fingerprint density at radius 3 is 1.62 bits per heavy atom. The van der Waals surface area contributed by atoms with E-state index in [1.807, 2.05) is 0 Å². The van der Waals surface area contributed by atoms with E-state index in [0.717, 1.165) is 11.1 Å². The third kappa shape index (κ3) is 7.15. The summed E-state index contributed by atoms with van der Waals surface area (Å²) in [5.41, 5.74) is 3.25. The topological polar surface area (TPSA) is 160 Å². The Morgan fingerprint density at radius 1 is 0.730 bits per heavy atom. The smallest absolute Gasteiger partial charge is 0.291 e. The van der Waals surface area contributed by atoms with Crippen molar-refractivity contribution in [2.24, 2.45) is 5.10 Å². The van der Waals surface area contributed by atoms with Crippen molar-refractivity contribution in [1.29, 1.82) is 0 Å². The standard InChI is InChI=1S/C24H24N4O7S2/c1-16-7-11-20(12-8-16)36(31,32)27-23(29)22(26-25-18-5-4-6-19(15-18)35-3)24(30)28-37(33,34)21-13-9-17(2)10-14-21/h4-15,25H,1-3H3,(H,27,29)(H,28,30). The first-order chi connectivity index (χ1) is 17.4. The lowest BCUT2D eigenvalue weighted by molar-refractivity contribution is -0.117. The Hall–Kier alpha value is -4.23. The minimum Gasteiger partial charge on any atom is -0.497 e. The molecule has 0 saturated heterocycles. The van der Waals surface area contributed by atoms with Crippen molar-refractivity contribution < 1.29 is 31.2 Å². The van der Waals surface area contributed by atoms with Gasteiger partial charge in [-0.2, -0.15) is 5.10 Å². The fourth-order valence-corrected chi connectivity index (χ4v) is 4.82. The number of sulfonamides is 2. The molecule has 0 spiro atoms. The molecule has 0 saturated carbocycles. The Morgan fingerprint density at radius 2 is 1.19 bits per heavy atom. The number of methoxy groups -OCH3 is 1. The molecule has 0 fully saturated rings. The summed E-state index contributed by atoms with van der Waals surface area (Å²) >= 11 is 0. The van der Waals surface area contributed by atoms with E-state index in [4.69, 9.17) is 4.74 Å². The quantitative estimate of drug-likeness (QED) is 0.210. The highest BCUT2D eigenvalue weighted by molar-refractivity contribution is 7.90. The number of carbonyl (C=O) groups is 2. The van der Waals surface area contributed by atoms with Gasteiger partial charge in [0, 0.05) is 6.07 Å². The van der Waals surface area contributed by atoms with Gasteiger partial charge in [0.25, 0.3) is 31.9 Å². The molecule has 0 aliphatic carbocycles. The fraction of sp³-hybridized carbons (Fsp3) is 0.125. The zero-order valence-corrected chi connectivity index (χ0v) is 21.7. The maximum absolute atomic E-state index is 12.9. The van der Waals surface area contributed by atoms with Gasteiger partial charge in [-0.25, -0.2) is 26.3 Å². The second-order valence-electron chi connectivity index (χ2n) is 7.80. The molecule has 0 radical (unpaired) electrons. The van der Waals surface area contributed by atoms with Gasteiger partial charge in [0.2, 0.25) is 5.71 Å². The molecule has 0 unspecified atom stereocenters. The number of nitrogens with zero attached hydrogens (tertiary/aromatic N) is 1. The summed E-state index contributed by atoms with van der Waals surface area (Å²) in [5, 5.41) is 3.71. The van der Waals surface area contributed by atoms with Gasteiger partial charge in [0.15, 0.2) is 0 Å². The second-order valence-corrected chi connectivity index (χ2v) is 11.2. The van der Waals surface area contributed by atoms with Gasteiger partial charge in [-0.1, -0.05) is 41.5 Å². The van der Waals surface area contributed by atoms with Crippen LogP contribution >= 0.6 is 0 Å². The summed E-state index contributed by atoms with van der Waals surface area (Å²) in [5.74, 6) is -2.47. The molecule has 37 heavy (non-hydrogen) atoms. The zero-order valence-electron chi connectivity index (χ0n) is 20.0. The first-order valence-electron chi connectivity index (χ1n) is 10.7. The molecule has 3 N–H and O–H groups in total. The number of benzene rings is 3.